The Morgan fingerprint density at radius 3 is 2.92 bits per heavy atom. The second-order valence-electron chi connectivity index (χ2n) is 5.52. The summed E-state index contributed by atoms with van der Waals surface area (Å²) in [4.78, 5) is 0. The molecule has 130 valence electrons. The summed E-state index contributed by atoms with van der Waals surface area (Å²) >= 11 is 6.79. The summed E-state index contributed by atoms with van der Waals surface area (Å²) in [7, 11) is 0. The number of alkyl halides is 2. The van der Waals surface area contributed by atoms with Crippen LogP contribution in [0.2, 0.25) is 5.02 Å². The van der Waals surface area contributed by atoms with E-state index < -0.39 is 5.76 Å². The quantitative estimate of drug-likeness (QED) is 0.735. The van der Waals surface area contributed by atoms with Gasteiger partial charge in [0.1, 0.15) is 17.3 Å². The molecular formula is C17H18ClF2NO2S. The number of halogens is 3. The van der Waals surface area contributed by atoms with Gasteiger partial charge in [-0.2, -0.15) is 8.78 Å². The third-order valence-electron chi connectivity index (χ3n) is 3.85. The van der Waals surface area contributed by atoms with Gasteiger partial charge in [-0.1, -0.05) is 35.5 Å². The summed E-state index contributed by atoms with van der Waals surface area (Å²) in [5, 5.41) is 4.07. The number of furan rings is 1. The molecule has 0 spiro atoms. The van der Waals surface area contributed by atoms with Crippen LogP contribution in [-0.2, 0) is 12.3 Å². The Kier molecular flexibility index (Phi) is 6.03. The fourth-order valence-corrected chi connectivity index (χ4v) is 3.43. The number of rotatable bonds is 6. The van der Waals surface area contributed by atoms with Crippen molar-refractivity contribution in [3.8, 4) is 5.75 Å². The maximum atomic E-state index is 12.2. The Morgan fingerprint density at radius 2 is 2.08 bits per heavy atom. The Balaban J connectivity index is 1.64. The first kappa shape index (κ1) is 17.6. The van der Waals surface area contributed by atoms with Gasteiger partial charge in [-0.25, -0.2) is 0 Å². The molecule has 1 unspecified atom stereocenters. The van der Waals surface area contributed by atoms with Crippen LogP contribution >= 0.6 is 23.4 Å². The molecule has 1 N–H and O–H groups in total. The van der Waals surface area contributed by atoms with E-state index in [1.807, 2.05) is 24.3 Å². The fraction of sp³-hybridized carbons (Fsp3) is 0.412. The average Bonchev–Trinajstić information content (AvgIpc) is 2.91. The molecule has 1 atom stereocenters. The van der Waals surface area contributed by atoms with E-state index in [2.05, 4.69) is 5.32 Å². The number of nitrogens with one attached hydrogen (secondary N) is 1. The van der Waals surface area contributed by atoms with E-state index in [0.29, 0.717) is 35.7 Å². The lowest BCUT2D eigenvalue weighted by molar-refractivity contribution is 0.251. The molecule has 7 heteroatoms. The van der Waals surface area contributed by atoms with Gasteiger partial charge in [0.15, 0.2) is 0 Å². The monoisotopic (exact) mass is 373 g/mol. The molecule has 24 heavy (non-hydrogen) atoms. The van der Waals surface area contributed by atoms with Crippen LogP contribution in [-0.4, -0.2) is 12.4 Å². The molecule has 0 bridgehead atoms. The molecule has 2 aromatic rings. The van der Waals surface area contributed by atoms with Crippen LogP contribution in [0.1, 0.15) is 36.0 Å². The van der Waals surface area contributed by atoms with Crippen molar-refractivity contribution in [2.75, 3.05) is 6.61 Å². The van der Waals surface area contributed by atoms with Crippen LogP contribution in [0.25, 0.3) is 0 Å². The van der Waals surface area contributed by atoms with E-state index >= 15 is 0 Å². The van der Waals surface area contributed by atoms with Gasteiger partial charge < -0.3 is 14.5 Å². The van der Waals surface area contributed by atoms with Gasteiger partial charge in [0, 0.05) is 11.6 Å². The van der Waals surface area contributed by atoms with Crippen LogP contribution in [0.4, 0.5) is 8.78 Å². The van der Waals surface area contributed by atoms with Gasteiger partial charge >= 0.3 is 0 Å². The average molecular weight is 374 g/mol. The highest BCUT2D eigenvalue weighted by Crippen LogP contribution is 2.37. The van der Waals surface area contributed by atoms with Gasteiger partial charge in [-0.3, -0.25) is 0 Å². The zero-order valence-corrected chi connectivity index (χ0v) is 14.5. The third-order valence-corrected chi connectivity index (χ3v) is 4.85. The van der Waals surface area contributed by atoms with Crippen molar-refractivity contribution in [3.63, 3.8) is 0 Å². The lowest BCUT2D eigenvalue weighted by Crippen LogP contribution is -2.20. The molecule has 3 rings (SSSR count). The van der Waals surface area contributed by atoms with Crippen molar-refractivity contribution in [3.05, 3.63) is 52.4 Å². The Labute approximate surface area is 148 Å². The van der Waals surface area contributed by atoms with Crippen molar-refractivity contribution in [1.29, 1.82) is 0 Å². The summed E-state index contributed by atoms with van der Waals surface area (Å²) in [6.07, 6.45) is 1.86. The molecule has 2 heterocycles. The minimum absolute atomic E-state index is 0.116. The molecule has 0 saturated heterocycles. The molecule has 0 fully saturated rings. The second-order valence-corrected chi connectivity index (χ2v) is 6.91. The lowest BCUT2D eigenvalue weighted by Gasteiger charge is -2.18. The number of fused-ring (bicyclic) bond motifs is 1. The molecule has 3 nitrogen and oxygen atoms in total. The first-order chi connectivity index (χ1) is 11.6. The van der Waals surface area contributed by atoms with Crippen LogP contribution in [0.3, 0.4) is 0 Å². The largest absolute Gasteiger partial charge is 0.492 e. The Hall–Kier alpha value is -1.24. The predicted molar refractivity (Wildman–Crippen MR) is 91.8 cm³/mol. The number of thioether (sulfide) groups is 1. The van der Waals surface area contributed by atoms with Crippen LogP contribution in [0.15, 0.2) is 34.7 Å². The van der Waals surface area contributed by atoms with E-state index in [-0.39, 0.29) is 11.8 Å². The summed E-state index contributed by atoms with van der Waals surface area (Å²) < 4.78 is 35.8. The van der Waals surface area contributed by atoms with E-state index in [0.717, 1.165) is 29.9 Å². The molecule has 1 aromatic carbocycles. The predicted octanol–water partition coefficient (Wildman–Crippen LogP) is 5.39. The molecule has 1 aromatic heterocycles. The van der Waals surface area contributed by atoms with Gasteiger partial charge in [0.05, 0.1) is 23.9 Å². The molecule has 0 aliphatic carbocycles. The first-order valence-corrected chi connectivity index (χ1v) is 9.18. The van der Waals surface area contributed by atoms with Gasteiger partial charge in [-0.05, 0) is 31.0 Å². The second kappa shape index (κ2) is 8.23. The van der Waals surface area contributed by atoms with Gasteiger partial charge in [-0.15, -0.1) is 0 Å². The number of hydrogen-bond acceptors (Lipinski definition) is 4. The van der Waals surface area contributed by atoms with Gasteiger partial charge in [0.2, 0.25) is 0 Å². The number of hydrogen-bond donors (Lipinski definition) is 1. The first-order valence-electron chi connectivity index (χ1n) is 7.75. The molecular weight excluding hydrogens is 356 g/mol. The van der Waals surface area contributed by atoms with Crippen molar-refractivity contribution in [1.82, 2.24) is 5.32 Å². The standard InChI is InChI=1S/C17H18ClF2NO2S/c18-14-4-1-3-13-15(5-2-8-22-16(13)14)21-9-11-6-7-12(23-11)10-24-17(19)20/h1,3-4,6-7,15,17,21H,2,5,8-10H2. The maximum Gasteiger partial charge on any atom is 0.284 e. The summed E-state index contributed by atoms with van der Waals surface area (Å²) in [6.45, 7) is 1.17. The minimum Gasteiger partial charge on any atom is -0.492 e. The number of benzene rings is 1. The molecule has 1 aliphatic rings. The smallest absolute Gasteiger partial charge is 0.284 e. The van der Waals surface area contributed by atoms with Crippen LogP contribution < -0.4 is 10.1 Å². The van der Waals surface area contributed by atoms with Crippen molar-refractivity contribution in [2.24, 2.45) is 0 Å². The Morgan fingerprint density at radius 1 is 1.25 bits per heavy atom. The molecule has 1 aliphatic heterocycles. The summed E-state index contributed by atoms with van der Waals surface area (Å²) in [6, 6.07) is 9.43. The van der Waals surface area contributed by atoms with Crippen LogP contribution in [0.5, 0.6) is 5.75 Å². The molecule has 0 amide bonds. The third kappa shape index (κ3) is 4.43. The van der Waals surface area contributed by atoms with Crippen molar-refractivity contribution >= 4 is 23.4 Å². The summed E-state index contributed by atoms with van der Waals surface area (Å²) in [5.74, 6) is -0.183. The maximum absolute atomic E-state index is 12.2. The number of ether oxygens (including phenoxy) is 1. The molecule has 0 saturated carbocycles. The summed E-state index contributed by atoms with van der Waals surface area (Å²) in [5.41, 5.74) is 1.04. The zero-order valence-electron chi connectivity index (χ0n) is 12.9. The van der Waals surface area contributed by atoms with E-state index in [1.165, 1.54) is 0 Å². The lowest BCUT2D eigenvalue weighted by atomic mass is 10.0. The highest BCUT2D eigenvalue weighted by molar-refractivity contribution is 7.98. The van der Waals surface area contributed by atoms with E-state index in [4.69, 9.17) is 20.8 Å². The van der Waals surface area contributed by atoms with Crippen molar-refractivity contribution in [2.45, 2.75) is 36.9 Å². The van der Waals surface area contributed by atoms with E-state index in [9.17, 15) is 8.78 Å². The van der Waals surface area contributed by atoms with Crippen LogP contribution in [0, 0.1) is 0 Å². The Bertz CT molecular complexity index is 680. The highest BCUT2D eigenvalue weighted by atomic mass is 35.5. The minimum atomic E-state index is -2.39. The number of para-hydroxylation sites is 1. The topological polar surface area (TPSA) is 34.4 Å². The van der Waals surface area contributed by atoms with E-state index in [1.54, 1.807) is 6.07 Å². The SMILES string of the molecule is FC(F)SCc1ccc(CNC2CCCOc3c(Cl)cccc32)o1. The fourth-order valence-electron chi connectivity index (χ4n) is 2.75. The van der Waals surface area contributed by atoms with Gasteiger partial charge in [0.25, 0.3) is 5.76 Å². The molecule has 0 radical (unpaired) electrons. The highest BCUT2D eigenvalue weighted by Gasteiger charge is 2.21. The normalized spacial score (nSPS) is 17.4. The van der Waals surface area contributed by atoms with Crippen molar-refractivity contribution < 1.29 is 17.9 Å². The zero-order chi connectivity index (χ0) is 16.9.